The van der Waals surface area contributed by atoms with Crippen LogP contribution in [-0.4, -0.2) is 28.5 Å². The van der Waals surface area contributed by atoms with Gasteiger partial charge >= 0.3 is 0 Å². The van der Waals surface area contributed by atoms with Gasteiger partial charge in [0, 0.05) is 12.7 Å². The van der Waals surface area contributed by atoms with E-state index in [1.54, 1.807) is 32.2 Å². The van der Waals surface area contributed by atoms with Crippen molar-refractivity contribution in [1.82, 2.24) is 0 Å². The van der Waals surface area contributed by atoms with E-state index in [0.717, 1.165) is 5.56 Å². The fraction of sp³-hybridized carbons (Fsp3) is 0.174. The van der Waals surface area contributed by atoms with Crippen molar-refractivity contribution in [3.63, 3.8) is 0 Å². The molecule has 1 N–H and O–H groups in total. The van der Waals surface area contributed by atoms with Gasteiger partial charge in [-0.3, -0.25) is 9.52 Å². The topological polar surface area (TPSA) is 84.9 Å². The molecule has 0 aliphatic carbocycles. The molecule has 0 saturated carbocycles. The zero-order valence-electron chi connectivity index (χ0n) is 17.6. The molecule has 3 aromatic rings. The molecule has 0 atom stereocenters. The molecule has 1 aliphatic heterocycles. The highest BCUT2D eigenvalue weighted by atomic mass is 32.2. The monoisotopic (exact) mass is 438 g/mol. The molecule has 0 fully saturated rings. The van der Waals surface area contributed by atoms with Crippen LogP contribution in [0.5, 0.6) is 17.2 Å². The van der Waals surface area contributed by atoms with Gasteiger partial charge in [0.2, 0.25) is 0 Å². The number of sulfonamides is 1. The minimum Gasteiger partial charge on any atom is -0.496 e. The Morgan fingerprint density at radius 2 is 1.71 bits per heavy atom. The SMILES string of the molecule is COc1ccc(S(=O)(=O)Nc2ccc3c(c2)C(=O)N(C)c2cc(C)ccc2O3)cc1C. The van der Waals surface area contributed by atoms with E-state index >= 15 is 0 Å². The van der Waals surface area contributed by atoms with E-state index in [1.165, 1.54) is 30.2 Å². The predicted octanol–water partition coefficient (Wildman–Crippen LogP) is 4.50. The van der Waals surface area contributed by atoms with Gasteiger partial charge in [0.25, 0.3) is 15.9 Å². The van der Waals surface area contributed by atoms with Crippen LogP contribution in [0.25, 0.3) is 0 Å². The standard InChI is InChI=1S/C23H22N2O5S/c1-14-5-8-22-19(11-14)25(3)23(26)18-13-16(6-9-21(18)30-22)24-31(27,28)17-7-10-20(29-4)15(2)12-17/h5-13,24H,1-4H3. The lowest BCUT2D eigenvalue weighted by Crippen LogP contribution is -2.25. The number of hydrogen-bond donors (Lipinski definition) is 1. The number of carbonyl (C=O) groups is 1. The van der Waals surface area contributed by atoms with Gasteiger partial charge in [0.05, 0.1) is 23.3 Å². The summed E-state index contributed by atoms with van der Waals surface area (Å²) in [6, 6.07) is 14.8. The summed E-state index contributed by atoms with van der Waals surface area (Å²) in [5.41, 5.74) is 2.88. The molecule has 8 heteroatoms. The number of fused-ring (bicyclic) bond motifs is 2. The minimum atomic E-state index is -3.86. The normalized spacial score (nSPS) is 13.0. The highest BCUT2D eigenvalue weighted by Gasteiger charge is 2.27. The van der Waals surface area contributed by atoms with Crippen LogP contribution >= 0.6 is 0 Å². The maximum absolute atomic E-state index is 13.1. The van der Waals surface area contributed by atoms with Crippen LogP contribution in [0.15, 0.2) is 59.5 Å². The number of hydrogen-bond acceptors (Lipinski definition) is 5. The van der Waals surface area contributed by atoms with E-state index in [9.17, 15) is 13.2 Å². The Morgan fingerprint density at radius 3 is 2.42 bits per heavy atom. The molecule has 1 heterocycles. The number of methoxy groups -OCH3 is 1. The maximum Gasteiger partial charge on any atom is 0.261 e. The van der Waals surface area contributed by atoms with Crippen molar-refractivity contribution in [3.8, 4) is 17.2 Å². The predicted molar refractivity (Wildman–Crippen MR) is 119 cm³/mol. The molecule has 4 rings (SSSR count). The van der Waals surface area contributed by atoms with Crippen molar-refractivity contribution < 1.29 is 22.7 Å². The molecule has 1 aliphatic rings. The lowest BCUT2D eigenvalue weighted by molar-refractivity contribution is 0.0993. The zero-order chi connectivity index (χ0) is 22.3. The fourth-order valence-electron chi connectivity index (χ4n) is 3.47. The quantitative estimate of drug-likeness (QED) is 0.649. The third-order valence-electron chi connectivity index (χ3n) is 5.14. The molecule has 0 unspecified atom stereocenters. The number of nitrogens with one attached hydrogen (secondary N) is 1. The molecule has 0 spiro atoms. The van der Waals surface area contributed by atoms with Gasteiger partial charge in [0.1, 0.15) is 11.5 Å². The van der Waals surface area contributed by atoms with Crippen molar-refractivity contribution in [1.29, 1.82) is 0 Å². The smallest absolute Gasteiger partial charge is 0.261 e. The summed E-state index contributed by atoms with van der Waals surface area (Å²) in [7, 11) is -0.667. The number of aryl methyl sites for hydroxylation is 2. The Labute approximate surface area is 181 Å². The third kappa shape index (κ3) is 3.82. The number of nitrogens with zero attached hydrogens (tertiary/aromatic N) is 1. The van der Waals surface area contributed by atoms with Crippen molar-refractivity contribution in [2.45, 2.75) is 18.7 Å². The number of amides is 1. The highest BCUT2D eigenvalue weighted by molar-refractivity contribution is 7.92. The maximum atomic E-state index is 13.1. The number of benzene rings is 3. The molecule has 0 radical (unpaired) electrons. The molecule has 3 aromatic carbocycles. The molecule has 160 valence electrons. The number of rotatable bonds is 4. The van der Waals surface area contributed by atoms with Crippen molar-refractivity contribution in [3.05, 3.63) is 71.3 Å². The summed E-state index contributed by atoms with van der Waals surface area (Å²) in [5, 5.41) is 0. The average molecular weight is 439 g/mol. The number of anilines is 2. The molecule has 0 bridgehead atoms. The van der Waals surface area contributed by atoms with Gasteiger partial charge in [-0.05, 0) is 73.5 Å². The van der Waals surface area contributed by atoms with Crippen molar-refractivity contribution >= 4 is 27.3 Å². The summed E-state index contributed by atoms with van der Waals surface area (Å²) in [5.74, 6) is 1.23. The molecule has 0 aromatic heterocycles. The highest BCUT2D eigenvalue weighted by Crippen LogP contribution is 2.39. The van der Waals surface area contributed by atoms with Crippen molar-refractivity contribution in [2.75, 3.05) is 23.8 Å². The van der Waals surface area contributed by atoms with Crippen LogP contribution in [0.3, 0.4) is 0 Å². The minimum absolute atomic E-state index is 0.100. The van der Waals surface area contributed by atoms with Gasteiger partial charge in [-0.25, -0.2) is 8.42 Å². The first-order valence-electron chi connectivity index (χ1n) is 9.57. The number of carbonyl (C=O) groups excluding carboxylic acids is 1. The Hall–Kier alpha value is -3.52. The molecular formula is C23H22N2O5S. The second-order valence-electron chi connectivity index (χ2n) is 7.39. The molecule has 1 amide bonds. The molecule has 0 saturated heterocycles. The van der Waals surface area contributed by atoms with Gasteiger partial charge in [-0.2, -0.15) is 0 Å². The van der Waals surface area contributed by atoms with Crippen LogP contribution in [0.2, 0.25) is 0 Å². The van der Waals surface area contributed by atoms with Gasteiger partial charge in [-0.1, -0.05) is 6.07 Å². The van der Waals surface area contributed by atoms with Crippen LogP contribution in [0.4, 0.5) is 11.4 Å². The Kier molecular flexibility index (Phi) is 5.10. The Balaban J connectivity index is 1.68. The Bertz CT molecular complexity index is 1300. The second-order valence-corrected chi connectivity index (χ2v) is 9.07. The summed E-state index contributed by atoms with van der Waals surface area (Å²) in [6.07, 6.45) is 0. The average Bonchev–Trinajstić information content (AvgIpc) is 2.83. The molecular weight excluding hydrogens is 416 g/mol. The Morgan fingerprint density at radius 1 is 0.968 bits per heavy atom. The van der Waals surface area contributed by atoms with E-state index in [0.29, 0.717) is 28.5 Å². The van der Waals surface area contributed by atoms with E-state index in [4.69, 9.17) is 9.47 Å². The van der Waals surface area contributed by atoms with Crippen molar-refractivity contribution in [2.24, 2.45) is 0 Å². The van der Waals surface area contributed by atoms with Gasteiger partial charge in [0.15, 0.2) is 5.75 Å². The second kappa shape index (κ2) is 7.63. The van der Waals surface area contributed by atoms with Crippen LogP contribution in [0.1, 0.15) is 21.5 Å². The zero-order valence-corrected chi connectivity index (χ0v) is 18.4. The molecule has 7 nitrogen and oxygen atoms in total. The van der Waals surface area contributed by atoms with E-state index in [-0.39, 0.29) is 22.1 Å². The summed E-state index contributed by atoms with van der Waals surface area (Å²) < 4.78 is 39.4. The fourth-order valence-corrected chi connectivity index (χ4v) is 4.60. The van der Waals surface area contributed by atoms with E-state index < -0.39 is 10.0 Å². The summed E-state index contributed by atoms with van der Waals surface area (Å²) in [6.45, 7) is 3.70. The lowest BCUT2D eigenvalue weighted by atomic mass is 10.1. The third-order valence-corrected chi connectivity index (χ3v) is 6.52. The van der Waals surface area contributed by atoms with Crippen LogP contribution in [0, 0.1) is 13.8 Å². The summed E-state index contributed by atoms with van der Waals surface area (Å²) in [4.78, 5) is 14.7. The molecule has 31 heavy (non-hydrogen) atoms. The van der Waals surface area contributed by atoms with Crippen LogP contribution < -0.4 is 19.1 Å². The number of ether oxygens (including phenoxy) is 2. The largest absolute Gasteiger partial charge is 0.496 e. The summed E-state index contributed by atoms with van der Waals surface area (Å²) >= 11 is 0. The first kappa shape index (κ1) is 20.7. The first-order valence-corrected chi connectivity index (χ1v) is 11.1. The first-order chi connectivity index (χ1) is 14.7. The lowest BCUT2D eigenvalue weighted by Gasteiger charge is -2.17. The van der Waals surface area contributed by atoms with Gasteiger partial charge < -0.3 is 14.4 Å². The van der Waals surface area contributed by atoms with E-state index in [1.807, 2.05) is 25.1 Å². The van der Waals surface area contributed by atoms with Crippen LogP contribution in [-0.2, 0) is 10.0 Å². The van der Waals surface area contributed by atoms with E-state index in [2.05, 4.69) is 4.72 Å². The van der Waals surface area contributed by atoms with Gasteiger partial charge in [-0.15, -0.1) is 0 Å².